The van der Waals surface area contributed by atoms with Gasteiger partial charge in [0.05, 0.1) is 11.8 Å². The summed E-state index contributed by atoms with van der Waals surface area (Å²) < 4.78 is 0. The maximum Gasteiger partial charge on any atom is 0.250 e. The molecule has 0 saturated carbocycles. The zero-order valence-corrected chi connectivity index (χ0v) is 19.5. The van der Waals surface area contributed by atoms with Crippen molar-refractivity contribution in [2.45, 2.75) is 51.2 Å². The van der Waals surface area contributed by atoms with Gasteiger partial charge in [-0.05, 0) is 44.4 Å². The lowest BCUT2D eigenvalue weighted by atomic mass is 9.76. The number of para-hydroxylation sites is 1. The Balaban J connectivity index is 1.50. The van der Waals surface area contributed by atoms with Crippen molar-refractivity contribution in [3.63, 3.8) is 0 Å². The second-order valence-corrected chi connectivity index (χ2v) is 9.93. The molecular formula is C27H28N4O3. The van der Waals surface area contributed by atoms with E-state index in [1.807, 2.05) is 63.4 Å². The quantitative estimate of drug-likeness (QED) is 0.526. The standard InChI is InChI=1S/C27H28N4O3/c1-4-15(3)31-24(32)22-21(12-16-13-28-19-8-6-5-7-17(16)19)30-27(23(22)25(31)33)18-11-14(2)9-10-20(18)29-26(27)34/h5-11,13,15,21-23,28,30H,4,12H2,1-3H3,(H,29,34)/t15?,21?,22-,23+,27?/m1/s1. The van der Waals surface area contributed by atoms with Crippen molar-refractivity contribution < 1.29 is 14.4 Å². The number of carbonyl (C=O) groups excluding carboxylic acids is 3. The molecule has 174 valence electrons. The van der Waals surface area contributed by atoms with Crippen molar-refractivity contribution in [2.75, 3.05) is 5.32 Å². The number of hydrogen-bond donors (Lipinski definition) is 3. The number of anilines is 1. The van der Waals surface area contributed by atoms with Crippen LogP contribution < -0.4 is 10.6 Å². The zero-order chi connectivity index (χ0) is 23.8. The highest BCUT2D eigenvalue weighted by molar-refractivity contribution is 6.15. The van der Waals surface area contributed by atoms with Gasteiger partial charge >= 0.3 is 0 Å². The Hall–Kier alpha value is -3.45. The minimum Gasteiger partial charge on any atom is -0.361 e. The molecule has 6 rings (SSSR count). The van der Waals surface area contributed by atoms with Crippen LogP contribution in [-0.2, 0) is 26.3 Å². The van der Waals surface area contributed by atoms with Gasteiger partial charge in [0.2, 0.25) is 17.7 Å². The Bertz CT molecular complexity index is 1360. The first-order valence-corrected chi connectivity index (χ1v) is 12.0. The SMILES string of the molecule is CCC(C)N1C(=O)[C@@H]2C(Cc3c[nH]c4ccccc34)NC3(C(=O)Nc4ccc(C)cc43)[C@@H]2C1=O. The van der Waals surface area contributed by atoms with Crippen molar-refractivity contribution in [1.29, 1.82) is 0 Å². The van der Waals surface area contributed by atoms with E-state index in [4.69, 9.17) is 0 Å². The van der Waals surface area contributed by atoms with Crippen LogP contribution >= 0.6 is 0 Å². The van der Waals surface area contributed by atoms with E-state index < -0.39 is 17.4 Å². The van der Waals surface area contributed by atoms with Gasteiger partial charge in [0.1, 0.15) is 5.54 Å². The number of aromatic amines is 1. The molecule has 0 bridgehead atoms. The van der Waals surface area contributed by atoms with E-state index in [0.29, 0.717) is 18.5 Å². The van der Waals surface area contributed by atoms with Crippen molar-refractivity contribution in [3.05, 3.63) is 65.4 Å². The van der Waals surface area contributed by atoms with Crippen LogP contribution in [0.2, 0.25) is 0 Å². The number of fused-ring (bicyclic) bond motifs is 5. The molecule has 3 unspecified atom stereocenters. The third-order valence-electron chi connectivity index (χ3n) is 8.05. The van der Waals surface area contributed by atoms with Gasteiger partial charge in [0, 0.05) is 40.4 Å². The highest BCUT2D eigenvalue weighted by Crippen LogP contribution is 2.54. The van der Waals surface area contributed by atoms with Crippen LogP contribution in [0.3, 0.4) is 0 Å². The van der Waals surface area contributed by atoms with E-state index in [1.165, 1.54) is 4.90 Å². The maximum absolute atomic E-state index is 13.8. The van der Waals surface area contributed by atoms with Gasteiger partial charge in [-0.2, -0.15) is 0 Å². The lowest BCUT2D eigenvalue weighted by Gasteiger charge is -2.31. The number of carbonyl (C=O) groups is 3. The van der Waals surface area contributed by atoms with E-state index in [2.05, 4.69) is 21.7 Å². The van der Waals surface area contributed by atoms with Crippen LogP contribution in [0.4, 0.5) is 5.69 Å². The number of imide groups is 1. The molecule has 5 atom stereocenters. The average Bonchev–Trinajstić information content (AvgIpc) is 3.53. The summed E-state index contributed by atoms with van der Waals surface area (Å²) in [6.07, 6.45) is 3.17. The fourth-order valence-corrected chi connectivity index (χ4v) is 6.27. The molecule has 3 aliphatic heterocycles. The topological polar surface area (TPSA) is 94.3 Å². The van der Waals surface area contributed by atoms with Crippen LogP contribution in [0.5, 0.6) is 0 Å². The van der Waals surface area contributed by atoms with Gasteiger partial charge in [-0.25, -0.2) is 0 Å². The second-order valence-electron chi connectivity index (χ2n) is 9.93. The normalized spacial score (nSPS) is 28.6. The van der Waals surface area contributed by atoms with Crippen LogP contribution in [0, 0.1) is 18.8 Å². The molecular weight excluding hydrogens is 428 g/mol. The van der Waals surface area contributed by atoms with Crippen molar-refractivity contribution in [1.82, 2.24) is 15.2 Å². The van der Waals surface area contributed by atoms with Crippen LogP contribution in [-0.4, -0.2) is 39.7 Å². The van der Waals surface area contributed by atoms with Crippen molar-refractivity contribution >= 4 is 34.3 Å². The molecule has 3 aromatic rings. The first-order valence-electron chi connectivity index (χ1n) is 12.0. The number of nitrogens with one attached hydrogen (secondary N) is 3. The van der Waals surface area contributed by atoms with Crippen LogP contribution in [0.25, 0.3) is 10.9 Å². The van der Waals surface area contributed by atoms with Gasteiger partial charge in [0.25, 0.3) is 0 Å². The smallest absolute Gasteiger partial charge is 0.250 e. The molecule has 1 spiro atoms. The minimum absolute atomic E-state index is 0.174. The van der Waals surface area contributed by atoms with E-state index in [0.717, 1.165) is 27.6 Å². The summed E-state index contributed by atoms with van der Waals surface area (Å²) in [5, 5.41) is 7.62. The van der Waals surface area contributed by atoms with Gasteiger partial charge in [-0.15, -0.1) is 0 Å². The summed E-state index contributed by atoms with van der Waals surface area (Å²) in [5.74, 6) is -2.05. The highest BCUT2D eigenvalue weighted by atomic mass is 16.2. The van der Waals surface area contributed by atoms with Crippen LogP contribution in [0.1, 0.15) is 37.0 Å². The first-order chi connectivity index (χ1) is 16.4. The molecule has 0 radical (unpaired) electrons. The Morgan fingerprint density at radius 3 is 2.68 bits per heavy atom. The molecule has 7 nitrogen and oxygen atoms in total. The van der Waals surface area contributed by atoms with Crippen molar-refractivity contribution in [2.24, 2.45) is 11.8 Å². The molecule has 34 heavy (non-hydrogen) atoms. The Morgan fingerprint density at radius 1 is 1.09 bits per heavy atom. The van der Waals surface area contributed by atoms with Gasteiger partial charge in [-0.3, -0.25) is 24.6 Å². The number of hydrogen-bond acceptors (Lipinski definition) is 4. The van der Waals surface area contributed by atoms with Gasteiger partial charge in [-0.1, -0.05) is 42.8 Å². The number of likely N-dealkylation sites (tertiary alicyclic amines) is 1. The van der Waals surface area contributed by atoms with E-state index in [1.54, 1.807) is 0 Å². The fourth-order valence-electron chi connectivity index (χ4n) is 6.27. The number of H-pyrrole nitrogens is 1. The van der Waals surface area contributed by atoms with E-state index in [9.17, 15) is 14.4 Å². The maximum atomic E-state index is 13.8. The molecule has 0 aliphatic carbocycles. The number of aryl methyl sites for hydroxylation is 1. The predicted molar refractivity (Wildman–Crippen MR) is 129 cm³/mol. The highest BCUT2D eigenvalue weighted by Gasteiger charge is 2.70. The Labute approximate surface area is 197 Å². The fraction of sp³-hybridized carbons (Fsp3) is 0.370. The molecule has 7 heteroatoms. The second kappa shape index (κ2) is 7.27. The lowest BCUT2D eigenvalue weighted by molar-refractivity contribution is -0.145. The lowest BCUT2D eigenvalue weighted by Crippen LogP contribution is -2.54. The average molecular weight is 457 g/mol. The molecule has 2 aromatic carbocycles. The largest absolute Gasteiger partial charge is 0.361 e. The number of rotatable bonds is 4. The predicted octanol–water partition coefficient (Wildman–Crippen LogP) is 3.24. The Kier molecular flexibility index (Phi) is 4.51. The monoisotopic (exact) mass is 456 g/mol. The van der Waals surface area contributed by atoms with Gasteiger partial charge < -0.3 is 10.3 Å². The summed E-state index contributed by atoms with van der Waals surface area (Å²) in [6, 6.07) is 13.3. The van der Waals surface area contributed by atoms with E-state index in [-0.39, 0.29) is 29.8 Å². The summed E-state index contributed by atoms with van der Waals surface area (Å²) in [6.45, 7) is 5.84. The number of nitrogens with zero attached hydrogens (tertiary/aromatic N) is 1. The molecule has 3 aliphatic rings. The number of amides is 3. The summed E-state index contributed by atoms with van der Waals surface area (Å²) in [7, 11) is 0. The van der Waals surface area contributed by atoms with Gasteiger partial charge in [0.15, 0.2) is 0 Å². The molecule has 4 heterocycles. The summed E-state index contributed by atoms with van der Waals surface area (Å²) >= 11 is 0. The minimum atomic E-state index is -1.25. The zero-order valence-electron chi connectivity index (χ0n) is 19.5. The summed E-state index contributed by atoms with van der Waals surface area (Å²) in [5.41, 5.74) is 3.31. The number of aromatic nitrogens is 1. The third kappa shape index (κ3) is 2.64. The molecule has 2 fully saturated rings. The first kappa shape index (κ1) is 21.1. The third-order valence-corrected chi connectivity index (χ3v) is 8.05. The van der Waals surface area contributed by atoms with Crippen molar-refractivity contribution in [3.8, 4) is 0 Å². The van der Waals surface area contributed by atoms with Crippen LogP contribution in [0.15, 0.2) is 48.7 Å². The molecule has 3 amide bonds. The van der Waals surface area contributed by atoms with E-state index >= 15 is 0 Å². The summed E-state index contributed by atoms with van der Waals surface area (Å²) in [4.78, 5) is 45.9. The molecule has 2 saturated heterocycles. The number of benzene rings is 2. The Morgan fingerprint density at radius 2 is 1.88 bits per heavy atom. The molecule has 1 aromatic heterocycles. The molecule has 3 N–H and O–H groups in total.